The zero-order chi connectivity index (χ0) is 13.9. The Kier molecular flexibility index (Phi) is 3.12. The molecule has 2 heterocycles. The van der Waals surface area contributed by atoms with Gasteiger partial charge in [0.05, 0.1) is 11.1 Å². The van der Waals surface area contributed by atoms with Gasteiger partial charge in [-0.2, -0.15) is 0 Å². The summed E-state index contributed by atoms with van der Waals surface area (Å²) in [5.74, 6) is -0.141. The molecule has 0 aliphatic rings. The van der Waals surface area contributed by atoms with E-state index in [2.05, 4.69) is 20.6 Å². The van der Waals surface area contributed by atoms with Crippen molar-refractivity contribution >= 4 is 16.9 Å². The lowest BCUT2D eigenvalue weighted by atomic mass is 10.2. The number of aryl methyl sites for hydroxylation is 1. The second kappa shape index (κ2) is 5.08. The van der Waals surface area contributed by atoms with Crippen molar-refractivity contribution in [3.8, 4) is 0 Å². The molecular formula is C14H13N5O. The second-order valence-electron chi connectivity index (χ2n) is 4.46. The third kappa shape index (κ3) is 2.35. The van der Waals surface area contributed by atoms with Crippen LogP contribution in [0, 0.1) is 0 Å². The van der Waals surface area contributed by atoms with Crippen LogP contribution in [0.1, 0.15) is 15.9 Å². The van der Waals surface area contributed by atoms with Crippen molar-refractivity contribution in [2.75, 3.05) is 0 Å². The molecule has 0 atom stereocenters. The van der Waals surface area contributed by atoms with Crippen LogP contribution in [-0.4, -0.2) is 25.9 Å². The number of carbonyl (C=O) groups is 1. The third-order valence-electron chi connectivity index (χ3n) is 3.05. The summed E-state index contributed by atoms with van der Waals surface area (Å²) in [6.07, 6.45) is 3.18. The van der Waals surface area contributed by atoms with E-state index in [4.69, 9.17) is 0 Å². The molecule has 6 heteroatoms. The van der Waals surface area contributed by atoms with Crippen LogP contribution in [-0.2, 0) is 13.6 Å². The van der Waals surface area contributed by atoms with Crippen molar-refractivity contribution in [3.63, 3.8) is 0 Å². The van der Waals surface area contributed by atoms with Crippen molar-refractivity contribution < 1.29 is 4.79 Å². The van der Waals surface area contributed by atoms with Gasteiger partial charge in [0, 0.05) is 26.0 Å². The summed E-state index contributed by atoms with van der Waals surface area (Å²) in [5.41, 5.74) is 3.32. The Labute approximate surface area is 115 Å². The molecule has 1 amide bonds. The maximum Gasteiger partial charge on any atom is 0.253 e. The van der Waals surface area contributed by atoms with Gasteiger partial charge in [0.15, 0.2) is 0 Å². The molecule has 20 heavy (non-hydrogen) atoms. The van der Waals surface area contributed by atoms with E-state index < -0.39 is 0 Å². The van der Waals surface area contributed by atoms with Crippen LogP contribution in [0.2, 0.25) is 0 Å². The van der Waals surface area contributed by atoms with E-state index in [1.807, 2.05) is 25.2 Å². The Morgan fingerprint density at radius 1 is 1.35 bits per heavy atom. The first-order valence-corrected chi connectivity index (χ1v) is 6.20. The largest absolute Gasteiger partial charge is 0.348 e. The van der Waals surface area contributed by atoms with Gasteiger partial charge in [0.25, 0.3) is 5.91 Å². The fraction of sp³-hybridized carbons (Fsp3) is 0.143. The van der Waals surface area contributed by atoms with Gasteiger partial charge in [0.2, 0.25) is 0 Å². The van der Waals surface area contributed by atoms with Crippen LogP contribution < -0.4 is 5.32 Å². The maximum atomic E-state index is 11.9. The van der Waals surface area contributed by atoms with Crippen molar-refractivity contribution in [3.05, 3.63) is 53.9 Å². The topological polar surface area (TPSA) is 72.7 Å². The lowest BCUT2D eigenvalue weighted by Gasteiger charge is -2.05. The zero-order valence-corrected chi connectivity index (χ0v) is 10.9. The molecule has 3 aromatic rings. The van der Waals surface area contributed by atoms with Gasteiger partial charge >= 0.3 is 0 Å². The Morgan fingerprint density at radius 2 is 2.25 bits per heavy atom. The highest BCUT2D eigenvalue weighted by Crippen LogP contribution is 2.12. The smallest absolute Gasteiger partial charge is 0.253 e. The number of hydrogen-bond acceptors (Lipinski definition) is 4. The Morgan fingerprint density at radius 3 is 3.05 bits per heavy atom. The van der Waals surface area contributed by atoms with Gasteiger partial charge in [-0.25, -0.2) is 4.68 Å². The molecule has 0 spiro atoms. The van der Waals surface area contributed by atoms with Crippen LogP contribution in [0.25, 0.3) is 11.0 Å². The molecule has 0 saturated heterocycles. The average molecular weight is 267 g/mol. The van der Waals surface area contributed by atoms with Crippen molar-refractivity contribution in [1.82, 2.24) is 25.3 Å². The van der Waals surface area contributed by atoms with Crippen LogP contribution in [0.15, 0.2) is 42.7 Å². The number of benzene rings is 1. The standard InChI is InChI=1S/C14H13N5O/c1-19-13-5-4-10(7-12(13)17-18-19)8-16-14(20)11-3-2-6-15-9-11/h2-7,9H,8H2,1H3,(H,16,20). The number of pyridine rings is 1. The minimum absolute atomic E-state index is 0.141. The second-order valence-corrected chi connectivity index (χ2v) is 4.46. The van der Waals surface area contributed by atoms with E-state index in [-0.39, 0.29) is 5.91 Å². The molecule has 0 bridgehead atoms. The van der Waals surface area contributed by atoms with Crippen LogP contribution in [0.5, 0.6) is 0 Å². The van der Waals surface area contributed by atoms with Crippen LogP contribution >= 0.6 is 0 Å². The lowest BCUT2D eigenvalue weighted by Crippen LogP contribution is -2.22. The minimum atomic E-state index is -0.141. The molecule has 0 aliphatic carbocycles. The first-order valence-electron chi connectivity index (χ1n) is 6.20. The van der Waals surface area contributed by atoms with Crippen molar-refractivity contribution in [2.24, 2.45) is 7.05 Å². The first-order chi connectivity index (χ1) is 9.74. The minimum Gasteiger partial charge on any atom is -0.348 e. The van der Waals surface area contributed by atoms with Gasteiger partial charge in [-0.05, 0) is 29.8 Å². The van der Waals surface area contributed by atoms with Gasteiger partial charge in [-0.15, -0.1) is 5.10 Å². The molecule has 3 rings (SSSR count). The Hall–Kier alpha value is -2.76. The molecule has 6 nitrogen and oxygen atoms in total. The van der Waals surface area contributed by atoms with Gasteiger partial charge < -0.3 is 5.32 Å². The molecule has 0 unspecified atom stereocenters. The normalized spacial score (nSPS) is 10.7. The highest BCUT2D eigenvalue weighted by molar-refractivity contribution is 5.93. The van der Waals surface area contributed by atoms with Crippen LogP contribution in [0.4, 0.5) is 0 Å². The van der Waals surface area contributed by atoms with Crippen molar-refractivity contribution in [2.45, 2.75) is 6.54 Å². The molecule has 1 N–H and O–H groups in total. The van der Waals surface area contributed by atoms with E-state index >= 15 is 0 Å². The van der Waals surface area contributed by atoms with E-state index in [0.29, 0.717) is 12.1 Å². The summed E-state index contributed by atoms with van der Waals surface area (Å²) in [7, 11) is 1.85. The molecule has 2 aromatic heterocycles. The van der Waals surface area contributed by atoms with E-state index in [9.17, 15) is 4.79 Å². The number of fused-ring (bicyclic) bond motifs is 1. The van der Waals surface area contributed by atoms with E-state index in [1.165, 1.54) is 0 Å². The Bertz CT molecular complexity index is 751. The molecule has 0 aliphatic heterocycles. The first kappa shape index (κ1) is 12.3. The number of nitrogens with one attached hydrogen (secondary N) is 1. The van der Waals surface area contributed by atoms with Gasteiger partial charge in [-0.1, -0.05) is 11.3 Å². The quantitative estimate of drug-likeness (QED) is 0.776. The number of nitrogens with zero attached hydrogens (tertiary/aromatic N) is 4. The number of carbonyl (C=O) groups excluding carboxylic acids is 1. The number of hydrogen-bond donors (Lipinski definition) is 1. The molecule has 0 radical (unpaired) electrons. The molecule has 100 valence electrons. The maximum absolute atomic E-state index is 11.9. The molecular weight excluding hydrogens is 254 g/mol. The average Bonchev–Trinajstić information content (AvgIpc) is 2.87. The van der Waals surface area contributed by atoms with Gasteiger partial charge in [-0.3, -0.25) is 9.78 Å². The number of aromatic nitrogens is 4. The summed E-state index contributed by atoms with van der Waals surface area (Å²) >= 11 is 0. The summed E-state index contributed by atoms with van der Waals surface area (Å²) in [6, 6.07) is 9.29. The van der Waals surface area contributed by atoms with E-state index in [1.54, 1.807) is 29.2 Å². The third-order valence-corrected chi connectivity index (χ3v) is 3.05. The highest BCUT2D eigenvalue weighted by atomic mass is 16.1. The summed E-state index contributed by atoms with van der Waals surface area (Å²) in [4.78, 5) is 15.8. The zero-order valence-electron chi connectivity index (χ0n) is 10.9. The molecule has 0 fully saturated rings. The van der Waals surface area contributed by atoms with E-state index in [0.717, 1.165) is 16.6 Å². The number of rotatable bonds is 3. The molecule has 0 saturated carbocycles. The lowest BCUT2D eigenvalue weighted by molar-refractivity contribution is 0.0950. The predicted molar refractivity (Wildman–Crippen MR) is 73.9 cm³/mol. The Balaban J connectivity index is 1.72. The summed E-state index contributed by atoms with van der Waals surface area (Å²) < 4.78 is 1.72. The molecule has 1 aromatic carbocycles. The highest BCUT2D eigenvalue weighted by Gasteiger charge is 2.06. The van der Waals surface area contributed by atoms with Crippen LogP contribution in [0.3, 0.4) is 0 Å². The predicted octanol–water partition coefficient (Wildman–Crippen LogP) is 1.29. The fourth-order valence-electron chi connectivity index (χ4n) is 1.98. The van der Waals surface area contributed by atoms with Crippen molar-refractivity contribution in [1.29, 1.82) is 0 Å². The SMILES string of the molecule is Cn1nnc2cc(CNC(=O)c3cccnc3)ccc21. The summed E-state index contributed by atoms with van der Waals surface area (Å²) in [6.45, 7) is 0.445. The summed E-state index contributed by atoms with van der Waals surface area (Å²) in [5, 5.41) is 10.9. The fourth-order valence-corrected chi connectivity index (χ4v) is 1.98. The van der Waals surface area contributed by atoms with Gasteiger partial charge in [0.1, 0.15) is 5.52 Å². The number of amides is 1. The monoisotopic (exact) mass is 267 g/mol.